The number of nitrogens with zero attached hydrogens (tertiary/aromatic N) is 6. The molecule has 3 heterocycles. The molecule has 1 aliphatic heterocycles. The number of aromatic nitrogens is 4. The van der Waals surface area contributed by atoms with E-state index in [0.717, 1.165) is 44.1 Å². The van der Waals surface area contributed by atoms with Crippen LogP contribution >= 0.6 is 0 Å². The van der Waals surface area contributed by atoms with Crippen LogP contribution in [-0.2, 0) is 4.79 Å². The van der Waals surface area contributed by atoms with Gasteiger partial charge in [-0.05, 0) is 6.92 Å². The quantitative estimate of drug-likeness (QED) is 0.681. The van der Waals surface area contributed by atoms with Crippen molar-refractivity contribution in [3.8, 4) is 0 Å². The Labute approximate surface area is 104 Å². The molecule has 7 nitrogen and oxygen atoms in total. The van der Waals surface area contributed by atoms with Crippen LogP contribution in [0.3, 0.4) is 0 Å². The van der Waals surface area contributed by atoms with Gasteiger partial charge in [-0.25, -0.2) is 4.98 Å². The Morgan fingerprint density at radius 3 is 2.78 bits per heavy atom. The summed E-state index contributed by atoms with van der Waals surface area (Å²) in [4.78, 5) is 19.0. The highest BCUT2D eigenvalue weighted by atomic mass is 16.1. The highest BCUT2D eigenvalue weighted by molar-refractivity contribution is 5.51. The number of piperazine rings is 1. The monoisotopic (exact) mass is 246 g/mol. The fraction of sp³-hybridized carbons (Fsp3) is 0.455. The Balaban J connectivity index is 1.94. The minimum Gasteiger partial charge on any atom is -0.354 e. The molecular weight excluding hydrogens is 232 g/mol. The largest absolute Gasteiger partial charge is 0.354 e. The molecule has 7 heteroatoms. The van der Waals surface area contributed by atoms with Gasteiger partial charge in [0.2, 0.25) is 6.41 Å². The molecule has 1 fully saturated rings. The number of anilines is 1. The van der Waals surface area contributed by atoms with Gasteiger partial charge < -0.3 is 9.80 Å². The van der Waals surface area contributed by atoms with E-state index in [1.807, 2.05) is 17.4 Å². The van der Waals surface area contributed by atoms with Gasteiger partial charge in [-0.2, -0.15) is 0 Å². The van der Waals surface area contributed by atoms with Gasteiger partial charge in [-0.3, -0.25) is 9.20 Å². The van der Waals surface area contributed by atoms with E-state index in [2.05, 4.69) is 20.1 Å². The van der Waals surface area contributed by atoms with Crippen molar-refractivity contribution in [3.05, 3.63) is 18.1 Å². The van der Waals surface area contributed by atoms with Gasteiger partial charge >= 0.3 is 0 Å². The molecule has 0 radical (unpaired) electrons. The normalized spacial score (nSPS) is 16.3. The van der Waals surface area contributed by atoms with Crippen LogP contribution in [0.5, 0.6) is 0 Å². The van der Waals surface area contributed by atoms with E-state index < -0.39 is 0 Å². The lowest BCUT2D eigenvalue weighted by molar-refractivity contribution is -0.118. The first kappa shape index (κ1) is 10.9. The van der Waals surface area contributed by atoms with E-state index in [9.17, 15) is 4.79 Å². The van der Waals surface area contributed by atoms with E-state index in [1.54, 1.807) is 11.2 Å². The maximum atomic E-state index is 10.7. The first-order valence-corrected chi connectivity index (χ1v) is 5.89. The summed E-state index contributed by atoms with van der Waals surface area (Å²) in [5.41, 5.74) is 0.920. The molecule has 0 atom stereocenters. The van der Waals surface area contributed by atoms with Crippen LogP contribution in [0.1, 0.15) is 5.69 Å². The molecule has 0 aromatic carbocycles. The Morgan fingerprint density at radius 1 is 1.28 bits per heavy atom. The average Bonchev–Trinajstić information content (AvgIpc) is 2.86. The minimum absolute atomic E-state index is 0.614. The van der Waals surface area contributed by atoms with E-state index in [-0.39, 0.29) is 0 Å². The summed E-state index contributed by atoms with van der Waals surface area (Å²) < 4.78 is 1.88. The van der Waals surface area contributed by atoms with Crippen molar-refractivity contribution >= 4 is 18.0 Å². The molecule has 0 N–H and O–H groups in total. The molecule has 2 aromatic heterocycles. The number of rotatable bonds is 2. The molecule has 94 valence electrons. The van der Waals surface area contributed by atoms with Gasteiger partial charge in [-0.1, -0.05) is 0 Å². The zero-order valence-corrected chi connectivity index (χ0v) is 10.2. The van der Waals surface area contributed by atoms with Crippen LogP contribution in [-0.4, -0.2) is 57.1 Å². The third-order valence-electron chi connectivity index (χ3n) is 3.18. The molecule has 1 amide bonds. The second kappa shape index (κ2) is 4.25. The number of hydrogen-bond donors (Lipinski definition) is 0. The van der Waals surface area contributed by atoms with Crippen LogP contribution in [0, 0.1) is 6.92 Å². The molecule has 1 saturated heterocycles. The molecule has 3 rings (SSSR count). The van der Waals surface area contributed by atoms with Crippen LogP contribution in [0.4, 0.5) is 5.82 Å². The van der Waals surface area contributed by atoms with Crippen molar-refractivity contribution in [2.24, 2.45) is 0 Å². The van der Waals surface area contributed by atoms with E-state index in [0.29, 0.717) is 5.78 Å². The predicted molar refractivity (Wildman–Crippen MR) is 65.4 cm³/mol. The maximum Gasteiger partial charge on any atom is 0.256 e. The molecule has 0 spiro atoms. The van der Waals surface area contributed by atoms with Crippen molar-refractivity contribution in [2.75, 3.05) is 31.1 Å². The number of aryl methyl sites for hydroxylation is 1. The third kappa shape index (κ3) is 1.77. The van der Waals surface area contributed by atoms with Gasteiger partial charge in [0.15, 0.2) is 0 Å². The Morgan fingerprint density at radius 2 is 2.06 bits per heavy atom. The summed E-state index contributed by atoms with van der Waals surface area (Å²) in [6.07, 6.45) is 2.58. The second-order valence-corrected chi connectivity index (χ2v) is 4.39. The van der Waals surface area contributed by atoms with Gasteiger partial charge in [0.25, 0.3) is 5.78 Å². The second-order valence-electron chi connectivity index (χ2n) is 4.39. The summed E-state index contributed by atoms with van der Waals surface area (Å²) in [5, 5.41) is 7.86. The maximum absolute atomic E-state index is 10.7. The first-order valence-electron chi connectivity index (χ1n) is 5.89. The average molecular weight is 246 g/mol. The lowest BCUT2D eigenvalue weighted by atomic mass is 10.3. The highest BCUT2D eigenvalue weighted by Gasteiger charge is 2.18. The molecule has 0 saturated carbocycles. The fourth-order valence-electron chi connectivity index (χ4n) is 2.21. The molecule has 18 heavy (non-hydrogen) atoms. The summed E-state index contributed by atoms with van der Waals surface area (Å²) >= 11 is 0. The number of hydrogen-bond acceptors (Lipinski definition) is 5. The fourth-order valence-corrected chi connectivity index (χ4v) is 2.21. The van der Waals surface area contributed by atoms with Crippen molar-refractivity contribution < 1.29 is 4.79 Å². The Hall–Kier alpha value is -2.18. The topological polar surface area (TPSA) is 66.6 Å². The Bertz CT molecular complexity index is 572. The van der Waals surface area contributed by atoms with Crippen LogP contribution < -0.4 is 4.90 Å². The number of carbonyl (C=O) groups excluding carboxylic acids is 1. The lowest BCUT2D eigenvalue weighted by Gasteiger charge is -2.34. The van der Waals surface area contributed by atoms with Gasteiger partial charge in [0, 0.05) is 37.9 Å². The summed E-state index contributed by atoms with van der Waals surface area (Å²) in [5.74, 6) is 1.65. The van der Waals surface area contributed by atoms with E-state index in [1.165, 1.54) is 0 Å². The number of amides is 1. The standard InChI is InChI=1S/C11H14N6O/c1-9-6-10(17-7-12-14-11(17)13-9)16-4-2-15(8-18)3-5-16/h6-8H,2-5H2,1H3. The van der Waals surface area contributed by atoms with Crippen molar-refractivity contribution in [2.45, 2.75) is 6.92 Å². The highest BCUT2D eigenvalue weighted by Crippen LogP contribution is 2.17. The SMILES string of the molecule is Cc1cc(N2CCN(C=O)CC2)n2cnnc2n1. The number of fused-ring (bicyclic) bond motifs is 1. The molecule has 1 aliphatic rings. The molecule has 0 unspecified atom stereocenters. The summed E-state index contributed by atoms with van der Waals surface area (Å²) in [6, 6.07) is 2.02. The zero-order valence-electron chi connectivity index (χ0n) is 10.2. The molecule has 0 aliphatic carbocycles. The van der Waals surface area contributed by atoms with Crippen LogP contribution in [0.25, 0.3) is 5.78 Å². The lowest BCUT2D eigenvalue weighted by Crippen LogP contribution is -2.46. The van der Waals surface area contributed by atoms with Gasteiger partial charge in [0.1, 0.15) is 12.1 Å². The molecular formula is C11H14N6O. The summed E-state index contributed by atoms with van der Waals surface area (Å²) in [6.45, 7) is 5.06. The van der Waals surface area contributed by atoms with Crippen LogP contribution in [0.2, 0.25) is 0 Å². The first-order chi connectivity index (χ1) is 8.78. The van der Waals surface area contributed by atoms with E-state index >= 15 is 0 Å². The third-order valence-corrected chi connectivity index (χ3v) is 3.18. The predicted octanol–water partition coefficient (Wildman–Crippen LogP) is -0.289. The van der Waals surface area contributed by atoms with Crippen molar-refractivity contribution in [1.29, 1.82) is 0 Å². The smallest absolute Gasteiger partial charge is 0.256 e. The van der Waals surface area contributed by atoms with E-state index in [4.69, 9.17) is 0 Å². The van der Waals surface area contributed by atoms with Gasteiger partial charge in [-0.15, -0.1) is 10.2 Å². The molecule has 0 bridgehead atoms. The van der Waals surface area contributed by atoms with Crippen LogP contribution in [0.15, 0.2) is 12.4 Å². The minimum atomic E-state index is 0.614. The summed E-state index contributed by atoms with van der Waals surface area (Å²) in [7, 11) is 0. The Kier molecular flexibility index (Phi) is 2.58. The van der Waals surface area contributed by atoms with Gasteiger partial charge in [0.05, 0.1) is 0 Å². The molecule has 2 aromatic rings. The zero-order chi connectivity index (χ0) is 12.5. The van der Waals surface area contributed by atoms with Crippen molar-refractivity contribution in [3.63, 3.8) is 0 Å². The van der Waals surface area contributed by atoms with Crippen molar-refractivity contribution in [1.82, 2.24) is 24.5 Å². The number of carbonyl (C=O) groups is 1.